The first-order valence-corrected chi connectivity index (χ1v) is 5.04. The normalized spacial score (nSPS) is 11.9. The van der Waals surface area contributed by atoms with E-state index in [4.69, 9.17) is 5.26 Å². The van der Waals surface area contributed by atoms with Crippen LogP contribution < -0.4 is 4.89 Å². The fourth-order valence-electron chi connectivity index (χ4n) is 1.47. The summed E-state index contributed by atoms with van der Waals surface area (Å²) >= 11 is 0. The third-order valence-corrected chi connectivity index (χ3v) is 2.44. The van der Waals surface area contributed by atoms with Crippen LogP contribution in [0.5, 0.6) is 5.75 Å². The summed E-state index contributed by atoms with van der Waals surface area (Å²) in [5, 5.41) is 18.6. The zero-order chi connectivity index (χ0) is 11.6. The minimum atomic E-state index is -0.928. The largest absolute Gasteiger partial charge is 0.386 e. The lowest BCUT2D eigenvalue weighted by Crippen LogP contribution is -2.15. The lowest BCUT2D eigenvalue weighted by Gasteiger charge is -2.20. The van der Waals surface area contributed by atoms with Crippen LogP contribution in [0.3, 0.4) is 0 Å². The van der Waals surface area contributed by atoms with Gasteiger partial charge in [0.1, 0.15) is 0 Å². The highest BCUT2D eigenvalue weighted by Gasteiger charge is 2.19. The second-order valence-electron chi connectivity index (χ2n) is 4.56. The predicted molar refractivity (Wildman–Crippen MR) is 59.0 cm³/mol. The smallest absolute Gasteiger partial charge is 0.168 e. The lowest BCUT2D eigenvalue weighted by atomic mass is 9.93. The number of benzene rings is 1. The van der Waals surface area contributed by atoms with Crippen molar-refractivity contribution in [3.05, 3.63) is 29.3 Å². The second kappa shape index (κ2) is 4.21. The molecule has 1 rings (SSSR count). The Balaban J connectivity index is 3.19. The fourth-order valence-corrected chi connectivity index (χ4v) is 1.47. The first kappa shape index (κ1) is 12.0. The first-order valence-electron chi connectivity index (χ1n) is 5.04. The number of hydrogen-bond donors (Lipinski definition) is 2. The van der Waals surface area contributed by atoms with Gasteiger partial charge in [0.25, 0.3) is 0 Å². The van der Waals surface area contributed by atoms with E-state index in [1.807, 2.05) is 26.0 Å². The van der Waals surface area contributed by atoms with Crippen LogP contribution >= 0.6 is 0 Å². The molecule has 15 heavy (non-hydrogen) atoms. The van der Waals surface area contributed by atoms with Crippen LogP contribution in [0, 0.1) is 0 Å². The molecule has 1 aromatic rings. The molecule has 0 aliphatic rings. The number of rotatable bonds is 3. The second-order valence-corrected chi connectivity index (χ2v) is 4.56. The molecule has 0 aliphatic heterocycles. The van der Waals surface area contributed by atoms with E-state index < -0.39 is 5.60 Å². The minimum Gasteiger partial charge on any atom is -0.386 e. The zero-order valence-corrected chi connectivity index (χ0v) is 9.61. The molecule has 1 aromatic carbocycles. The molecule has 0 amide bonds. The molecule has 0 aliphatic carbocycles. The Morgan fingerprint density at radius 2 is 1.87 bits per heavy atom. The van der Waals surface area contributed by atoms with Gasteiger partial charge in [0.15, 0.2) is 5.75 Å². The summed E-state index contributed by atoms with van der Waals surface area (Å²) in [6, 6.07) is 5.37. The molecule has 0 bridgehead atoms. The van der Waals surface area contributed by atoms with Gasteiger partial charge in [0.05, 0.1) is 5.60 Å². The molecule has 0 unspecified atom stereocenters. The van der Waals surface area contributed by atoms with E-state index in [1.165, 1.54) is 0 Å². The Kier molecular flexibility index (Phi) is 3.37. The molecular formula is C12H18O3. The van der Waals surface area contributed by atoms with Crippen molar-refractivity contribution in [1.29, 1.82) is 0 Å². The maximum absolute atomic E-state index is 9.80. The van der Waals surface area contributed by atoms with Gasteiger partial charge in [-0.3, -0.25) is 0 Å². The van der Waals surface area contributed by atoms with Gasteiger partial charge in [-0.2, -0.15) is 0 Å². The highest BCUT2D eigenvalue weighted by Crippen LogP contribution is 2.31. The van der Waals surface area contributed by atoms with Gasteiger partial charge in [0.2, 0.25) is 0 Å². The summed E-state index contributed by atoms with van der Waals surface area (Å²) in [5.74, 6) is 0.674. The van der Waals surface area contributed by atoms with Gasteiger partial charge in [-0.25, -0.2) is 5.26 Å². The topological polar surface area (TPSA) is 49.7 Å². The molecule has 3 heteroatoms. The van der Waals surface area contributed by atoms with E-state index in [0.29, 0.717) is 5.75 Å². The Hall–Kier alpha value is -1.06. The molecule has 0 saturated carbocycles. The van der Waals surface area contributed by atoms with Crippen LogP contribution in [0.25, 0.3) is 0 Å². The van der Waals surface area contributed by atoms with Crippen molar-refractivity contribution in [3.8, 4) is 5.75 Å². The number of hydrogen-bond acceptors (Lipinski definition) is 3. The molecule has 0 saturated heterocycles. The summed E-state index contributed by atoms with van der Waals surface area (Å²) < 4.78 is 0. The van der Waals surface area contributed by atoms with Crippen LogP contribution in [0.2, 0.25) is 0 Å². The molecule has 0 spiro atoms. The summed E-state index contributed by atoms with van der Waals surface area (Å²) in [6.45, 7) is 7.42. The molecule has 84 valence electrons. The third-order valence-electron chi connectivity index (χ3n) is 2.44. The Labute approximate surface area is 90.3 Å². The van der Waals surface area contributed by atoms with Crippen molar-refractivity contribution >= 4 is 0 Å². The van der Waals surface area contributed by atoms with Crippen LogP contribution in [-0.2, 0) is 5.60 Å². The molecule has 0 atom stereocenters. The fraction of sp³-hybridized carbons (Fsp3) is 0.500. The highest BCUT2D eigenvalue weighted by molar-refractivity contribution is 5.40. The van der Waals surface area contributed by atoms with Crippen molar-refractivity contribution in [2.45, 2.75) is 39.2 Å². The van der Waals surface area contributed by atoms with Crippen molar-refractivity contribution in [2.24, 2.45) is 0 Å². The molecule has 0 radical (unpaired) electrons. The zero-order valence-electron chi connectivity index (χ0n) is 9.61. The maximum atomic E-state index is 9.80. The van der Waals surface area contributed by atoms with Crippen molar-refractivity contribution in [1.82, 2.24) is 0 Å². The summed E-state index contributed by atoms with van der Waals surface area (Å²) in [5.41, 5.74) is 0.712. The molecule has 0 aromatic heterocycles. The average Bonchev–Trinajstić information content (AvgIpc) is 2.15. The standard InChI is InChI=1S/C12H18O3/c1-8(2)10-6-5-9(12(3,4)13)7-11(10)15-14/h5-8,13-14H,1-4H3. The monoisotopic (exact) mass is 210 g/mol. The summed E-state index contributed by atoms with van der Waals surface area (Å²) in [6.07, 6.45) is 0. The molecule has 2 N–H and O–H groups in total. The average molecular weight is 210 g/mol. The molecule has 0 fully saturated rings. The number of aliphatic hydroxyl groups is 1. The van der Waals surface area contributed by atoms with Gasteiger partial charge in [-0.1, -0.05) is 26.0 Å². The van der Waals surface area contributed by atoms with Gasteiger partial charge in [-0.15, -0.1) is 0 Å². The van der Waals surface area contributed by atoms with Crippen molar-refractivity contribution in [3.63, 3.8) is 0 Å². The van der Waals surface area contributed by atoms with Gasteiger partial charge >= 0.3 is 0 Å². The first-order chi connectivity index (χ1) is 6.86. The van der Waals surface area contributed by atoms with Gasteiger partial charge < -0.3 is 9.99 Å². The molecular weight excluding hydrogens is 192 g/mol. The summed E-state index contributed by atoms with van der Waals surface area (Å²) in [7, 11) is 0. The Morgan fingerprint density at radius 3 is 2.27 bits per heavy atom. The Morgan fingerprint density at radius 1 is 1.27 bits per heavy atom. The maximum Gasteiger partial charge on any atom is 0.168 e. The van der Waals surface area contributed by atoms with Crippen LogP contribution in [0.4, 0.5) is 0 Å². The van der Waals surface area contributed by atoms with Gasteiger partial charge in [-0.05, 0) is 31.4 Å². The lowest BCUT2D eigenvalue weighted by molar-refractivity contribution is -0.138. The van der Waals surface area contributed by atoms with Crippen molar-refractivity contribution < 1.29 is 15.3 Å². The minimum absolute atomic E-state index is 0.267. The van der Waals surface area contributed by atoms with Crippen LogP contribution in [0.15, 0.2) is 18.2 Å². The van der Waals surface area contributed by atoms with Crippen molar-refractivity contribution in [2.75, 3.05) is 0 Å². The SMILES string of the molecule is CC(C)c1ccc(C(C)(C)O)cc1OO. The quantitative estimate of drug-likeness (QED) is 0.595. The van der Waals surface area contributed by atoms with E-state index >= 15 is 0 Å². The van der Waals surface area contributed by atoms with E-state index in [1.54, 1.807) is 19.9 Å². The van der Waals surface area contributed by atoms with E-state index in [9.17, 15) is 5.11 Å². The van der Waals surface area contributed by atoms with Crippen LogP contribution in [-0.4, -0.2) is 10.4 Å². The Bertz CT molecular complexity index is 337. The summed E-state index contributed by atoms with van der Waals surface area (Å²) in [4.78, 5) is 4.33. The van der Waals surface area contributed by atoms with Gasteiger partial charge in [0, 0.05) is 5.56 Å². The van der Waals surface area contributed by atoms with E-state index in [-0.39, 0.29) is 5.92 Å². The predicted octanol–water partition coefficient (Wildman–Crippen LogP) is 2.89. The third kappa shape index (κ3) is 2.70. The molecule has 3 nitrogen and oxygen atoms in total. The highest BCUT2D eigenvalue weighted by atomic mass is 17.1. The van der Waals surface area contributed by atoms with E-state index in [0.717, 1.165) is 11.1 Å². The molecule has 0 heterocycles. The van der Waals surface area contributed by atoms with E-state index in [2.05, 4.69) is 4.89 Å². The van der Waals surface area contributed by atoms with Crippen LogP contribution in [0.1, 0.15) is 44.7 Å².